The zero-order valence-electron chi connectivity index (χ0n) is 9.36. The molecule has 2 nitrogen and oxygen atoms in total. The minimum absolute atomic E-state index is 0. The first-order valence-corrected chi connectivity index (χ1v) is 5.54. The molecular formula is C12H16ClF2NO. The van der Waals surface area contributed by atoms with Crippen LogP contribution in [0, 0.1) is 0 Å². The highest BCUT2D eigenvalue weighted by atomic mass is 35.5. The largest absolute Gasteiger partial charge is 0.435 e. The average Bonchev–Trinajstić information content (AvgIpc) is 2.30. The van der Waals surface area contributed by atoms with E-state index in [2.05, 4.69) is 10.1 Å². The van der Waals surface area contributed by atoms with Crippen LogP contribution in [0.1, 0.15) is 30.9 Å². The predicted octanol–water partition coefficient (Wildman–Crippen LogP) is 3.52. The molecule has 1 heterocycles. The molecule has 1 aromatic carbocycles. The molecule has 1 saturated heterocycles. The lowest BCUT2D eigenvalue weighted by atomic mass is 9.98. The summed E-state index contributed by atoms with van der Waals surface area (Å²) in [7, 11) is 0. The Morgan fingerprint density at radius 1 is 1.18 bits per heavy atom. The van der Waals surface area contributed by atoms with Gasteiger partial charge >= 0.3 is 6.61 Å². The first kappa shape index (κ1) is 14.2. The van der Waals surface area contributed by atoms with E-state index >= 15 is 0 Å². The number of rotatable bonds is 3. The van der Waals surface area contributed by atoms with E-state index in [1.54, 1.807) is 12.1 Å². The van der Waals surface area contributed by atoms with Gasteiger partial charge in [0.25, 0.3) is 0 Å². The molecule has 17 heavy (non-hydrogen) atoms. The summed E-state index contributed by atoms with van der Waals surface area (Å²) in [6, 6.07) is 7.24. The Morgan fingerprint density at radius 3 is 2.41 bits per heavy atom. The minimum atomic E-state index is -2.75. The minimum Gasteiger partial charge on any atom is -0.435 e. The number of piperidine rings is 1. The van der Waals surface area contributed by atoms with E-state index in [1.165, 1.54) is 12.8 Å². The molecule has 1 atom stereocenters. The van der Waals surface area contributed by atoms with E-state index in [9.17, 15) is 8.78 Å². The third-order valence-corrected chi connectivity index (χ3v) is 2.82. The molecule has 0 bridgehead atoms. The number of benzene rings is 1. The van der Waals surface area contributed by atoms with Crippen molar-refractivity contribution in [3.8, 4) is 5.75 Å². The number of halogens is 3. The molecule has 5 heteroatoms. The SMILES string of the molecule is Cl.FC(F)Oc1ccc([C@@H]2CCCCN2)cc1. The predicted molar refractivity (Wildman–Crippen MR) is 64.9 cm³/mol. The molecule has 0 aliphatic carbocycles. The molecule has 1 aliphatic heterocycles. The van der Waals surface area contributed by atoms with Crippen molar-refractivity contribution in [2.75, 3.05) is 6.54 Å². The van der Waals surface area contributed by atoms with Crippen molar-refractivity contribution in [1.29, 1.82) is 0 Å². The Bertz CT molecular complexity index is 326. The van der Waals surface area contributed by atoms with Crippen LogP contribution in [-0.2, 0) is 0 Å². The molecule has 0 aromatic heterocycles. The maximum absolute atomic E-state index is 11.9. The van der Waals surface area contributed by atoms with Gasteiger partial charge in [0.15, 0.2) is 0 Å². The summed E-state index contributed by atoms with van der Waals surface area (Å²) in [6.45, 7) is -1.72. The van der Waals surface area contributed by atoms with Gasteiger partial charge in [-0.3, -0.25) is 0 Å². The highest BCUT2D eigenvalue weighted by Gasteiger charge is 2.14. The lowest BCUT2D eigenvalue weighted by Gasteiger charge is -2.23. The monoisotopic (exact) mass is 263 g/mol. The van der Waals surface area contributed by atoms with Gasteiger partial charge in [-0.2, -0.15) is 8.78 Å². The molecule has 0 saturated carbocycles. The summed E-state index contributed by atoms with van der Waals surface area (Å²) in [6.07, 6.45) is 3.53. The summed E-state index contributed by atoms with van der Waals surface area (Å²) in [5.74, 6) is 0.217. The zero-order chi connectivity index (χ0) is 11.4. The fourth-order valence-corrected chi connectivity index (χ4v) is 2.02. The van der Waals surface area contributed by atoms with Crippen molar-refractivity contribution in [3.63, 3.8) is 0 Å². The van der Waals surface area contributed by atoms with Gasteiger partial charge in [0, 0.05) is 6.04 Å². The maximum Gasteiger partial charge on any atom is 0.387 e. The Balaban J connectivity index is 0.00000144. The Morgan fingerprint density at radius 2 is 1.88 bits per heavy atom. The standard InChI is InChI=1S/C12H15F2NO.ClH/c13-12(14)16-10-6-4-9(5-7-10)11-3-1-2-8-15-11;/h4-7,11-12,15H,1-3,8H2;1H/t11-;/m0./s1. The van der Waals surface area contributed by atoms with Crippen LogP contribution >= 0.6 is 12.4 Å². The highest BCUT2D eigenvalue weighted by Crippen LogP contribution is 2.25. The van der Waals surface area contributed by atoms with Crippen LogP contribution in [0.4, 0.5) is 8.78 Å². The van der Waals surface area contributed by atoms with E-state index in [1.807, 2.05) is 12.1 Å². The maximum atomic E-state index is 11.9. The molecule has 0 amide bonds. The zero-order valence-corrected chi connectivity index (χ0v) is 10.2. The average molecular weight is 264 g/mol. The first-order valence-electron chi connectivity index (χ1n) is 5.54. The molecule has 1 aliphatic rings. The second kappa shape index (κ2) is 6.77. The third-order valence-electron chi connectivity index (χ3n) is 2.82. The Labute approximate surface area is 106 Å². The number of ether oxygens (including phenoxy) is 1. The van der Waals surface area contributed by atoms with Gasteiger partial charge in [-0.1, -0.05) is 18.6 Å². The summed E-state index contributed by atoms with van der Waals surface area (Å²) >= 11 is 0. The number of hydrogen-bond acceptors (Lipinski definition) is 2. The second-order valence-electron chi connectivity index (χ2n) is 3.95. The van der Waals surface area contributed by atoms with E-state index in [0.29, 0.717) is 6.04 Å². The molecule has 0 spiro atoms. The Kier molecular flexibility index (Phi) is 5.65. The second-order valence-corrected chi connectivity index (χ2v) is 3.95. The topological polar surface area (TPSA) is 21.3 Å². The third kappa shape index (κ3) is 4.13. The van der Waals surface area contributed by atoms with Gasteiger partial charge < -0.3 is 10.1 Å². The van der Waals surface area contributed by atoms with Crippen molar-refractivity contribution < 1.29 is 13.5 Å². The van der Waals surface area contributed by atoms with Crippen LogP contribution in [-0.4, -0.2) is 13.2 Å². The first-order chi connectivity index (χ1) is 7.75. The van der Waals surface area contributed by atoms with Gasteiger partial charge in [-0.15, -0.1) is 12.4 Å². The smallest absolute Gasteiger partial charge is 0.387 e. The van der Waals surface area contributed by atoms with Crippen LogP contribution in [0.15, 0.2) is 24.3 Å². The summed E-state index contributed by atoms with van der Waals surface area (Å²) in [4.78, 5) is 0. The Hall–Kier alpha value is -0.870. The van der Waals surface area contributed by atoms with Crippen LogP contribution in [0.5, 0.6) is 5.75 Å². The lowest BCUT2D eigenvalue weighted by molar-refractivity contribution is -0.0498. The molecule has 2 rings (SSSR count). The lowest BCUT2D eigenvalue weighted by Crippen LogP contribution is -2.26. The normalized spacial score (nSPS) is 19.8. The van der Waals surface area contributed by atoms with Crippen molar-refractivity contribution in [3.05, 3.63) is 29.8 Å². The molecule has 0 radical (unpaired) electrons. The van der Waals surface area contributed by atoms with Crippen molar-refractivity contribution in [1.82, 2.24) is 5.32 Å². The van der Waals surface area contributed by atoms with Crippen LogP contribution in [0.2, 0.25) is 0 Å². The summed E-state index contributed by atoms with van der Waals surface area (Å²) < 4.78 is 28.2. The van der Waals surface area contributed by atoms with E-state index in [4.69, 9.17) is 0 Å². The van der Waals surface area contributed by atoms with Crippen LogP contribution in [0.25, 0.3) is 0 Å². The van der Waals surface area contributed by atoms with Gasteiger partial charge in [0.1, 0.15) is 5.75 Å². The molecule has 96 valence electrons. The fourth-order valence-electron chi connectivity index (χ4n) is 2.02. The van der Waals surface area contributed by atoms with Gasteiger partial charge in [0.05, 0.1) is 0 Å². The van der Waals surface area contributed by atoms with Gasteiger partial charge in [0.2, 0.25) is 0 Å². The van der Waals surface area contributed by atoms with E-state index in [0.717, 1.165) is 18.5 Å². The number of hydrogen-bond donors (Lipinski definition) is 1. The molecule has 1 aromatic rings. The van der Waals surface area contributed by atoms with Gasteiger partial charge in [-0.05, 0) is 37.1 Å². The van der Waals surface area contributed by atoms with Crippen molar-refractivity contribution in [2.45, 2.75) is 31.9 Å². The van der Waals surface area contributed by atoms with E-state index < -0.39 is 6.61 Å². The quantitative estimate of drug-likeness (QED) is 0.901. The fraction of sp³-hybridized carbons (Fsp3) is 0.500. The highest BCUT2D eigenvalue weighted by molar-refractivity contribution is 5.85. The summed E-state index contributed by atoms with van der Waals surface area (Å²) in [5, 5.41) is 3.41. The number of nitrogens with one attached hydrogen (secondary N) is 1. The van der Waals surface area contributed by atoms with Gasteiger partial charge in [-0.25, -0.2) is 0 Å². The van der Waals surface area contributed by atoms with Crippen LogP contribution in [0.3, 0.4) is 0 Å². The molecule has 1 N–H and O–H groups in total. The molecule has 0 unspecified atom stereocenters. The molecule has 1 fully saturated rings. The van der Waals surface area contributed by atoms with Crippen LogP contribution < -0.4 is 10.1 Å². The molecular weight excluding hydrogens is 248 g/mol. The van der Waals surface area contributed by atoms with Crippen molar-refractivity contribution in [2.24, 2.45) is 0 Å². The van der Waals surface area contributed by atoms with Crippen molar-refractivity contribution >= 4 is 12.4 Å². The van der Waals surface area contributed by atoms with E-state index in [-0.39, 0.29) is 18.2 Å². The number of alkyl halides is 2. The summed E-state index contributed by atoms with van der Waals surface area (Å²) in [5.41, 5.74) is 1.14.